The van der Waals surface area contributed by atoms with Crippen LogP contribution in [0.4, 0.5) is 0 Å². The molecule has 0 aliphatic carbocycles. The second-order valence-corrected chi connectivity index (χ2v) is 2.52. The average molecular weight is 224 g/mol. The van der Waals surface area contributed by atoms with Crippen molar-refractivity contribution in [2.24, 2.45) is 0 Å². The number of rotatable bonds is 2. The Balaban J connectivity index is 3.04. The summed E-state index contributed by atoms with van der Waals surface area (Å²) in [6, 6.07) is 6.93. The molecule has 0 amide bonds. The van der Waals surface area contributed by atoms with Crippen LogP contribution < -0.4 is 4.74 Å². The zero-order valence-electron chi connectivity index (χ0n) is 6.53. The van der Waals surface area contributed by atoms with Gasteiger partial charge < -0.3 is 0 Å². The van der Waals surface area contributed by atoms with Crippen LogP contribution in [0.1, 0.15) is 10.4 Å². The van der Waals surface area contributed by atoms with E-state index in [4.69, 9.17) is 4.74 Å². The number of hydrogen-bond acceptors (Lipinski definition) is 3. The Kier molecular flexibility index (Phi) is 3.16. The Morgan fingerprint density at radius 2 is 2.08 bits per heavy atom. The van der Waals surface area contributed by atoms with Crippen molar-refractivity contribution in [1.29, 1.82) is 0 Å². The summed E-state index contributed by atoms with van der Waals surface area (Å²) in [6.45, 7) is 0. The Morgan fingerprint density at radius 1 is 1.42 bits per heavy atom. The number of methoxy groups -OCH3 is 1. The molecule has 0 heterocycles. The van der Waals surface area contributed by atoms with Gasteiger partial charge in [0.05, 0.1) is 0 Å². The molecule has 61 valence electrons. The van der Waals surface area contributed by atoms with Crippen molar-refractivity contribution in [2.75, 3.05) is 7.11 Å². The van der Waals surface area contributed by atoms with Gasteiger partial charge in [0.15, 0.2) is 0 Å². The number of carbonyl (C=O) groups is 1. The van der Waals surface area contributed by atoms with Crippen LogP contribution in [0.25, 0.3) is 0 Å². The monoisotopic (exact) mass is 225 g/mol. The summed E-state index contributed by atoms with van der Waals surface area (Å²) in [5.41, 5.74) is 0.447. The van der Waals surface area contributed by atoms with Crippen LogP contribution in [0.2, 0.25) is 0 Å². The van der Waals surface area contributed by atoms with Crippen molar-refractivity contribution in [3.63, 3.8) is 0 Å². The number of para-hydroxylation sites is 1. The van der Waals surface area contributed by atoms with E-state index < -0.39 is 0 Å². The van der Waals surface area contributed by atoms with Gasteiger partial charge in [-0.2, -0.15) is 0 Å². The van der Waals surface area contributed by atoms with E-state index in [-0.39, 0.29) is 5.97 Å². The fourth-order valence-electron chi connectivity index (χ4n) is 0.868. The standard InChI is InChI=1S/C8H7GeO3/c1-11-7-5-3-2-4-6(7)8(10)12-9/h2-5H,1H3. The molecular weight excluding hydrogens is 217 g/mol. The molecule has 1 rings (SSSR count). The number of hydrogen-bond donors (Lipinski definition) is 0. The van der Waals surface area contributed by atoms with Crippen LogP contribution in [-0.2, 0) is 3.76 Å². The average Bonchev–Trinajstić information content (AvgIpc) is 2.16. The van der Waals surface area contributed by atoms with Crippen LogP contribution in [0.3, 0.4) is 0 Å². The zero-order chi connectivity index (χ0) is 8.97. The van der Waals surface area contributed by atoms with Gasteiger partial charge in [0.1, 0.15) is 0 Å². The van der Waals surface area contributed by atoms with Gasteiger partial charge in [-0.05, 0) is 0 Å². The molecule has 0 N–H and O–H groups in total. The van der Waals surface area contributed by atoms with E-state index in [1.165, 1.54) is 24.0 Å². The molecule has 0 saturated heterocycles. The minimum atomic E-state index is -0.382. The van der Waals surface area contributed by atoms with Gasteiger partial charge in [-0.3, -0.25) is 0 Å². The van der Waals surface area contributed by atoms with Crippen LogP contribution in [0, 0.1) is 0 Å². The molecule has 12 heavy (non-hydrogen) atoms. The van der Waals surface area contributed by atoms with Gasteiger partial charge in [0.25, 0.3) is 0 Å². The van der Waals surface area contributed by atoms with E-state index >= 15 is 0 Å². The maximum atomic E-state index is 11.1. The molecule has 0 aliphatic rings. The van der Waals surface area contributed by atoms with Gasteiger partial charge in [0, 0.05) is 0 Å². The van der Waals surface area contributed by atoms with Gasteiger partial charge in [-0.25, -0.2) is 0 Å². The molecule has 0 unspecified atom stereocenters. The second-order valence-electron chi connectivity index (χ2n) is 2.09. The van der Waals surface area contributed by atoms with Crippen LogP contribution in [0.15, 0.2) is 24.3 Å². The van der Waals surface area contributed by atoms with Gasteiger partial charge >= 0.3 is 78.8 Å². The fourth-order valence-corrected chi connectivity index (χ4v) is 1.10. The predicted octanol–water partition coefficient (Wildman–Crippen LogP) is 0.935. The Labute approximate surface area is 79.2 Å². The van der Waals surface area contributed by atoms with E-state index in [1.54, 1.807) is 24.3 Å². The third kappa shape index (κ3) is 1.79. The minimum absolute atomic E-state index is 0.382. The van der Waals surface area contributed by atoms with E-state index in [2.05, 4.69) is 3.76 Å². The van der Waals surface area contributed by atoms with Gasteiger partial charge in [-0.1, -0.05) is 0 Å². The van der Waals surface area contributed by atoms with Gasteiger partial charge in [-0.15, -0.1) is 0 Å². The Morgan fingerprint density at radius 3 is 2.67 bits per heavy atom. The van der Waals surface area contributed by atoms with Crippen molar-refractivity contribution in [3.05, 3.63) is 29.8 Å². The first-order valence-electron chi connectivity index (χ1n) is 3.30. The van der Waals surface area contributed by atoms with Crippen LogP contribution in [0.5, 0.6) is 5.75 Å². The predicted molar refractivity (Wildman–Crippen MR) is 44.2 cm³/mol. The molecule has 0 aliphatic heterocycles. The number of ether oxygens (including phenoxy) is 1. The number of benzene rings is 1. The second kappa shape index (κ2) is 4.16. The van der Waals surface area contributed by atoms with E-state index in [0.717, 1.165) is 0 Å². The molecule has 0 spiro atoms. The van der Waals surface area contributed by atoms with Crippen molar-refractivity contribution in [1.82, 2.24) is 0 Å². The third-order valence-electron chi connectivity index (χ3n) is 1.42. The number of carbonyl (C=O) groups excluding carboxylic acids is 1. The summed E-state index contributed by atoms with van der Waals surface area (Å²) in [5.74, 6) is 0.150. The maximum absolute atomic E-state index is 11.1. The molecule has 1 aromatic carbocycles. The Hall–Kier alpha value is -0.967. The van der Waals surface area contributed by atoms with E-state index in [1.807, 2.05) is 0 Å². The molecule has 0 bridgehead atoms. The zero-order valence-corrected chi connectivity index (χ0v) is 8.63. The van der Waals surface area contributed by atoms with Crippen molar-refractivity contribution >= 4 is 22.8 Å². The summed E-state index contributed by atoms with van der Waals surface area (Å²) in [6.07, 6.45) is 0. The fraction of sp³-hybridized carbons (Fsp3) is 0.125. The molecule has 4 heteroatoms. The molecule has 0 fully saturated rings. The summed E-state index contributed by atoms with van der Waals surface area (Å²) in [7, 11) is 1.52. The van der Waals surface area contributed by atoms with Crippen molar-refractivity contribution < 1.29 is 13.3 Å². The first-order valence-corrected chi connectivity index (χ1v) is 4.16. The molecular formula is C8H7GeO3. The summed E-state index contributed by atoms with van der Waals surface area (Å²) in [5, 5.41) is 0. The summed E-state index contributed by atoms with van der Waals surface area (Å²) < 4.78 is 9.53. The molecule has 0 aromatic heterocycles. The molecule has 0 atom stereocenters. The van der Waals surface area contributed by atoms with E-state index in [9.17, 15) is 4.79 Å². The van der Waals surface area contributed by atoms with Crippen LogP contribution >= 0.6 is 0 Å². The van der Waals surface area contributed by atoms with Crippen molar-refractivity contribution in [2.45, 2.75) is 0 Å². The van der Waals surface area contributed by atoms with Crippen molar-refractivity contribution in [3.8, 4) is 5.75 Å². The summed E-state index contributed by atoms with van der Waals surface area (Å²) >= 11 is 1.34. The first-order chi connectivity index (χ1) is 5.79. The quantitative estimate of drug-likeness (QED) is 0.700. The molecule has 1 aromatic rings. The summed E-state index contributed by atoms with van der Waals surface area (Å²) in [4.78, 5) is 11.1. The molecule has 3 radical (unpaired) electrons. The first kappa shape index (κ1) is 9.12. The third-order valence-corrected chi connectivity index (χ3v) is 1.81. The van der Waals surface area contributed by atoms with Gasteiger partial charge in [0.2, 0.25) is 0 Å². The molecule has 0 saturated carbocycles. The SMILES string of the molecule is COc1ccccc1C(=O)[O][Ge]. The normalized spacial score (nSPS) is 9.17. The Bertz CT molecular complexity index is 285. The van der Waals surface area contributed by atoms with Crippen LogP contribution in [-0.4, -0.2) is 29.9 Å². The molecule has 3 nitrogen and oxygen atoms in total. The van der Waals surface area contributed by atoms with E-state index in [0.29, 0.717) is 11.3 Å². The topological polar surface area (TPSA) is 35.5 Å².